The summed E-state index contributed by atoms with van der Waals surface area (Å²) in [5.41, 5.74) is 0.262. The average molecular weight is 212 g/mol. The predicted molar refractivity (Wildman–Crippen MR) is 64.5 cm³/mol. The molecule has 0 fully saturated rings. The first-order valence-corrected chi connectivity index (χ1v) is 6.18. The summed E-state index contributed by atoms with van der Waals surface area (Å²) >= 11 is 1.77. The Kier molecular flexibility index (Phi) is 3.85. The fourth-order valence-corrected chi connectivity index (χ4v) is 2.25. The van der Waals surface area contributed by atoms with Crippen LogP contribution in [0.3, 0.4) is 0 Å². The highest BCUT2D eigenvalue weighted by Gasteiger charge is 2.30. The van der Waals surface area contributed by atoms with Gasteiger partial charge in [0.2, 0.25) is 0 Å². The molecule has 0 spiro atoms. The van der Waals surface area contributed by atoms with Gasteiger partial charge < -0.3 is 4.74 Å². The van der Waals surface area contributed by atoms with Crippen LogP contribution in [-0.4, -0.2) is 19.5 Å². The van der Waals surface area contributed by atoms with Crippen molar-refractivity contribution in [2.45, 2.75) is 26.9 Å². The fourth-order valence-electron chi connectivity index (χ4n) is 1.76. The minimum Gasteiger partial charge on any atom is -0.377 e. The van der Waals surface area contributed by atoms with Gasteiger partial charge in [-0.3, -0.25) is 0 Å². The van der Waals surface area contributed by atoms with Gasteiger partial charge in [0.15, 0.2) is 0 Å². The van der Waals surface area contributed by atoms with E-state index in [0.29, 0.717) is 5.92 Å². The van der Waals surface area contributed by atoms with Gasteiger partial charge in [-0.25, -0.2) is 0 Å². The monoisotopic (exact) mass is 212 g/mol. The molecule has 0 saturated carbocycles. The molecule has 14 heavy (non-hydrogen) atoms. The molecular weight excluding hydrogens is 192 g/mol. The third-order valence-corrected chi connectivity index (χ3v) is 3.40. The van der Waals surface area contributed by atoms with E-state index >= 15 is 0 Å². The van der Waals surface area contributed by atoms with Crippen molar-refractivity contribution >= 4 is 11.8 Å². The maximum atomic E-state index is 5.52. The molecule has 1 aliphatic carbocycles. The molecule has 0 bridgehead atoms. The zero-order valence-electron chi connectivity index (χ0n) is 9.70. The molecular formula is C12H20OS. The van der Waals surface area contributed by atoms with Crippen molar-refractivity contribution in [2.24, 2.45) is 11.3 Å². The van der Waals surface area contributed by atoms with Gasteiger partial charge in [0.1, 0.15) is 0 Å². The minimum absolute atomic E-state index is 0.224. The molecule has 1 rings (SSSR count). The van der Waals surface area contributed by atoms with Crippen molar-refractivity contribution in [3.05, 3.63) is 23.1 Å². The summed E-state index contributed by atoms with van der Waals surface area (Å²) < 4.78 is 5.52. The van der Waals surface area contributed by atoms with Gasteiger partial charge >= 0.3 is 0 Å². The van der Waals surface area contributed by atoms with Gasteiger partial charge in [0, 0.05) is 17.9 Å². The molecule has 0 aromatic carbocycles. The highest BCUT2D eigenvalue weighted by Crippen LogP contribution is 2.36. The molecule has 2 atom stereocenters. The number of hydrogen-bond donors (Lipinski definition) is 0. The average Bonchev–Trinajstić information content (AvgIpc) is 2.15. The van der Waals surface area contributed by atoms with E-state index in [1.165, 1.54) is 4.91 Å². The van der Waals surface area contributed by atoms with E-state index in [0.717, 1.165) is 0 Å². The van der Waals surface area contributed by atoms with E-state index < -0.39 is 0 Å². The Hall–Kier alpha value is -0.210. The third-order valence-electron chi connectivity index (χ3n) is 2.66. The molecule has 0 saturated heterocycles. The van der Waals surface area contributed by atoms with E-state index in [2.05, 4.69) is 45.3 Å². The van der Waals surface area contributed by atoms with Crippen LogP contribution in [-0.2, 0) is 4.74 Å². The maximum Gasteiger partial charge on any atom is 0.0833 e. The van der Waals surface area contributed by atoms with Gasteiger partial charge in [-0.1, -0.05) is 32.9 Å². The number of ether oxygens (including phenoxy) is 1. The molecule has 2 unspecified atom stereocenters. The van der Waals surface area contributed by atoms with E-state index in [1.807, 2.05) is 0 Å². The Morgan fingerprint density at radius 2 is 2.00 bits per heavy atom. The smallest absolute Gasteiger partial charge is 0.0833 e. The van der Waals surface area contributed by atoms with Crippen LogP contribution in [0.5, 0.6) is 0 Å². The standard InChI is InChI=1S/C12H20OS/c1-12(2,3)10-7-6-9(14-5)8-11(10)13-4/h6-8,10-11H,1-5H3. The summed E-state index contributed by atoms with van der Waals surface area (Å²) in [6.07, 6.45) is 9.03. The van der Waals surface area contributed by atoms with Gasteiger partial charge in [-0.15, -0.1) is 11.8 Å². The first-order chi connectivity index (χ1) is 6.49. The van der Waals surface area contributed by atoms with Crippen LogP contribution in [0.1, 0.15) is 20.8 Å². The first-order valence-electron chi connectivity index (χ1n) is 4.96. The topological polar surface area (TPSA) is 9.23 Å². The van der Waals surface area contributed by atoms with Crippen LogP contribution >= 0.6 is 11.8 Å². The van der Waals surface area contributed by atoms with E-state index in [4.69, 9.17) is 4.74 Å². The quantitative estimate of drug-likeness (QED) is 0.693. The Balaban J connectivity index is 2.84. The normalized spacial score (nSPS) is 27.6. The lowest BCUT2D eigenvalue weighted by atomic mass is 9.75. The van der Waals surface area contributed by atoms with E-state index in [-0.39, 0.29) is 11.5 Å². The molecule has 0 aromatic heterocycles. The lowest BCUT2D eigenvalue weighted by Crippen LogP contribution is -2.32. The van der Waals surface area contributed by atoms with Crippen LogP contribution in [0.4, 0.5) is 0 Å². The first kappa shape index (κ1) is 11.9. The maximum absolute atomic E-state index is 5.52. The Morgan fingerprint density at radius 3 is 2.43 bits per heavy atom. The number of allylic oxidation sites excluding steroid dienone is 1. The Bertz CT molecular complexity index is 248. The second-order valence-electron chi connectivity index (χ2n) is 4.72. The van der Waals surface area contributed by atoms with Crippen LogP contribution in [0, 0.1) is 11.3 Å². The largest absolute Gasteiger partial charge is 0.377 e. The van der Waals surface area contributed by atoms with Crippen molar-refractivity contribution in [3.63, 3.8) is 0 Å². The minimum atomic E-state index is 0.224. The van der Waals surface area contributed by atoms with Gasteiger partial charge in [-0.05, 0) is 17.7 Å². The molecule has 0 N–H and O–H groups in total. The number of methoxy groups -OCH3 is 1. The SMILES string of the molecule is COC1C=C(SC)C=CC1C(C)(C)C. The summed E-state index contributed by atoms with van der Waals surface area (Å²) in [5, 5.41) is 0. The van der Waals surface area contributed by atoms with Gasteiger partial charge in [0.25, 0.3) is 0 Å². The van der Waals surface area contributed by atoms with Crippen LogP contribution in [0.25, 0.3) is 0 Å². The highest BCUT2D eigenvalue weighted by atomic mass is 32.2. The number of hydrogen-bond acceptors (Lipinski definition) is 2. The number of thioether (sulfide) groups is 1. The van der Waals surface area contributed by atoms with Crippen molar-refractivity contribution in [1.29, 1.82) is 0 Å². The van der Waals surface area contributed by atoms with Crippen molar-refractivity contribution in [1.82, 2.24) is 0 Å². The van der Waals surface area contributed by atoms with Gasteiger partial charge in [0.05, 0.1) is 6.10 Å². The second kappa shape index (κ2) is 4.54. The van der Waals surface area contributed by atoms with E-state index in [1.54, 1.807) is 18.9 Å². The molecule has 0 aromatic rings. The molecule has 1 aliphatic rings. The Morgan fingerprint density at radius 1 is 1.36 bits per heavy atom. The summed E-state index contributed by atoms with van der Waals surface area (Å²) in [5.74, 6) is 0.475. The summed E-state index contributed by atoms with van der Waals surface area (Å²) in [6.45, 7) is 6.77. The zero-order valence-corrected chi connectivity index (χ0v) is 10.5. The van der Waals surface area contributed by atoms with Crippen molar-refractivity contribution in [2.75, 3.05) is 13.4 Å². The van der Waals surface area contributed by atoms with Gasteiger partial charge in [-0.2, -0.15) is 0 Å². The van der Waals surface area contributed by atoms with Crippen molar-refractivity contribution in [3.8, 4) is 0 Å². The summed E-state index contributed by atoms with van der Waals surface area (Å²) in [4.78, 5) is 1.30. The van der Waals surface area contributed by atoms with Crippen LogP contribution in [0.2, 0.25) is 0 Å². The van der Waals surface area contributed by atoms with Crippen LogP contribution in [0.15, 0.2) is 23.1 Å². The molecule has 0 amide bonds. The summed E-state index contributed by atoms with van der Waals surface area (Å²) in [6, 6.07) is 0. The zero-order chi connectivity index (χ0) is 10.8. The molecule has 1 nitrogen and oxygen atoms in total. The van der Waals surface area contributed by atoms with Crippen LogP contribution < -0.4 is 0 Å². The molecule has 80 valence electrons. The fraction of sp³-hybridized carbons (Fsp3) is 0.667. The molecule has 0 radical (unpaired) electrons. The molecule has 0 heterocycles. The highest BCUT2D eigenvalue weighted by molar-refractivity contribution is 8.02. The molecule has 0 aliphatic heterocycles. The predicted octanol–water partition coefficient (Wildman–Crippen LogP) is 3.48. The lowest BCUT2D eigenvalue weighted by molar-refractivity contribution is 0.0599. The second-order valence-corrected chi connectivity index (χ2v) is 5.60. The Labute approximate surface area is 91.6 Å². The van der Waals surface area contributed by atoms with Crippen molar-refractivity contribution < 1.29 is 4.74 Å². The number of rotatable bonds is 2. The summed E-state index contributed by atoms with van der Waals surface area (Å²) in [7, 11) is 1.79. The third kappa shape index (κ3) is 2.64. The van der Waals surface area contributed by atoms with E-state index in [9.17, 15) is 0 Å². The lowest BCUT2D eigenvalue weighted by Gasteiger charge is -2.35. The molecule has 2 heteroatoms.